The zero-order chi connectivity index (χ0) is 12.7. The summed E-state index contributed by atoms with van der Waals surface area (Å²) in [4.78, 5) is 13.8. The maximum atomic E-state index is 12.0. The monoisotopic (exact) mass is 238 g/mol. The van der Waals surface area contributed by atoms with Gasteiger partial charge in [0.2, 0.25) is 5.91 Å². The van der Waals surface area contributed by atoms with Crippen LogP contribution in [0.25, 0.3) is 0 Å². The van der Waals surface area contributed by atoms with Crippen LogP contribution in [0.3, 0.4) is 0 Å². The van der Waals surface area contributed by atoms with Gasteiger partial charge in [0.25, 0.3) is 0 Å². The number of amides is 1. The zero-order valence-electron chi connectivity index (χ0n) is 10.8. The molecule has 4 heteroatoms. The third kappa shape index (κ3) is 4.74. The highest BCUT2D eigenvalue weighted by atomic mass is 16.5. The molecular formula is C13H22N2O2. The Hall–Kier alpha value is -1.08. The molecule has 0 saturated carbocycles. The lowest BCUT2D eigenvalue weighted by molar-refractivity contribution is -0.135. The Bertz CT molecular complexity index is 280. The fourth-order valence-corrected chi connectivity index (χ4v) is 2.07. The molecule has 0 aliphatic carbocycles. The number of rotatable bonds is 5. The summed E-state index contributed by atoms with van der Waals surface area (Å²) in [6, 6.07) is 2.16. The molecule has 2 unspecified atom stereocenters. The molecule has 96 valence electrons. The molecule has 1 heterocycles. The maximum Gasteiger partial charge on any atom is 0.225 e. The molecule has 0 radical (unpaired) electrons. The van der Waals surface area contributed by atoms with Gasteiger partial charge >= 0.3 is 0 Å². The predicted molar refractivity (Wildman–Crippen MR) is 65.2 cm³/mol. The van der Waals surface area contributed by atoms with Crippen LogP contribution in [-0.4, -0.2) is 36.6 Å². The second kappa shape index (κ2) is 7.29. The van der Waals surface area contributed by atoms with Crippen molar-refractivity contribution in [2.24, 2.45) is 5.92 Å². The first-order chi connectivity index (χ1) is 8.17. The molecule has 1 fully saturated rings. The molecule has 0 bridgehead atoms. The van der Waals surface area contributed by atoms with Crippen molar-refractivity contribution in [2.45, 2.75) is 45.6 Å². The van der Waals surface area contributed by atoms with Crippen molar-refractivity contribution in [1.29, 1.82) is 5.26 Å². The maximum absolute atomic E-state index is 12.0. The van der Waals surface area contributed by atoms with Gasteiger partial charge in [0.15, 0.2) is 0 Å². The third-order valence-electron chi connectivity index (χ3n) is 3.13. The van der Waals surface area contributed by atoms with E-state index in [9.17, 15) is 4.79 Å². The molecule has 0 aromatic rings. The minimum Gasteiger partial charge on any atom is -0.378 e. The van der Waals surface area contributed by atoms with Gasteiger partial charge in [-0.1, -0.05) is 0 Å². The van der Waals surface area contributed by atoms with Crippen LogP contribution in [0.1, 0.15) is 39.5 Å². The fraction of sp³-hybridized carbons (Fsp3) is 0.846. The van der Waals surface area contributed by atoms with Crippen LogP contribution in [0.2, 0.25) is 0 Å². The number of nitriles is 1. The van der Waals surface area contributed by atoms with Crippen molar-refractivity contribution >= 4 is 5.91 Å². The first-order valence-electron chi connectivity index (χ1n) is 6.46. The number of nitrogens with zero attached hydrogens (tertiary/aromatic N) is 2. The standard InChI is InChI=1S/C13H22N2O2/c1-3-15(10-11(2)9-14)13(16)8-12-6-4-5-7-17-12/h11-12H,3-8,10H2,1-2H3. The van der Waals surface area contributed by atoms with Crippen molar-refractivity contribution in [3.05, 3.63) is 0 Å². The van der Waals surface area contributed by atoms with Gasteiger partial charge in [0.05, 0.1) is 24.5 Å². The molecule has 1 amide bonds. The van der Waals surface area contributed by atoms with E-state index in [4.69, 9.17) is 10.00 Å². The topological polar surface area (TPSA) is 53.3 Å². The van der Waals surface area contributed by atoms with Crippen LogP contribution < -0.4 is 0 Å². The van der Waals surface area contributed by atoms with Crippen molar-refractivity contribution in [2.75, 3.05) is 19.7 Å². The normalized spacial score (nSPS) is 21.6. The first-order valence-corrected chi connectivity index (χ1v) is 6.46. The lowest BCUT2D eigenvalue weighted by Crippen LogP contribution is -2.37. The summed E-state index contributed by atoms with van der Waals surface area (Å²) in [5.74, 6) is 0.00711. The summed E-state index contributed by atoms with van der Waals surface area (Å²) < 4.78 is 5.56. The average molecular weight is 238 g/mol. The molecule has 0 spiro atoms. The van der Waals surface area contributed by atoms with Crippen LogP contribution >= 0.6 is 0 Å². The van der Waals surface area contributed by atoms with Crippen LogP contribution in [0.4, 0.5) is 0 Å². The summed E-state index contributed by atoms with van der Waals surface area (Å²) in [6.45, 7) is 5.76. The third-order valence-corrected chi connectivity index (χ3v) is 3.13. The van der Waals surface area contributed by atoms with Crippen LogP contribution in [0, 0.1) is 17.2 Å². The van der Waals surface area contributed by atoms with E-state index in [1.165, 1.54) is 0 Å². The van der Waals surface area contributed by atoms with Crippen molar-refractivity contribution in [3.8, 4) is 6.07 Å². The number of carbonyl (C=O) groups excluding carboxylic acids is 1. The van der Waals surface area contributed by atoms with Gasteiger partial charge in [0, 0.05) is 19.7 Å². The Morgan fingerprint density at radius 3 is 2.88 bits per heavy atom. The molecule has 1 rings (SSSR count). The smallest absolute Gasteiger partial charge is 0.225 e. The quantitative estimate of drug-likeness (QED) is 0.735. The van der Waals surface area contributed by atoms with Gasteiger partial charge in [-0.15, -0.1) is 0 Å². The Morgan fingerprint density at radius 1 is 1.59 bits per heavy atom. The number of ether oxygens (including phenoxy) is 1. The fourth-order valence-electron chi connectivity index (χ4n) is 2.07. The van der Waals surface area contributed by atoms with Gasteiger partial charge in [-0.2, -0.15) is 5.26 Å². The van der Waals surface area contributed by atoms with Crippen molar-refractivity contribution < 1.29 is 9.53 Å². The molecule has 0 N–H and O–H groups in total. The molecule has 4 nitrogen and oxygen atoms in total. The summed E-state index contributed by atoms with van der Waals surface area (Å²) >= 11 is 0. The molecule has 1 saturated heterocycles. The van der Waals surface area contributed by atoms with E-state index in [0.717, 1.165) is 25.9 Å². The molecule has 0 aromatic carbocycles. The van der Waals surface area contributed by atoms with Crippen LogP contribution in [-0.2, 0) is 9.53 Å². The van der Waals surface area contributed by atoms with Gasteiger partial charge in [0.1, 0.15) is 0 Å². The van der Waals surface area contributed by atoms with Gasteiger partial charge < -0.3 is 9.64 Å². The minimum atomic E-state index is -0.105. The highest BCUT2D eigenvalue weighted by Gasteiger charge is 2.21. The van der Waals surface area contributed by atoms with Gasteiger partial charge in [-0.25, -0.2) is 0 Å². The van der Waals surface area contributed by atoms with E-state index in [1.807, 2.05) is 13.8 Å². The second-order valence-corrected chi connectivity index (χ2v) is 4.66. The summed E-state index contributed by atoms with van der Waals surface area (Å²) in [6.07, 6.45) is 3.79. The highest BCUT2D eigenvalue weighted by molar-refractivity contribution is 5.76. The molecule has 17 heavy (non-hydrogen) atoms. The Morgan fingerprint density at radius 2 is 2.35 bits per heavy atom. The summed E-state index contributed by atoms with van der Waals surface area (Å²) in [5, 5.41) is 8.77. The van der Waals surface area contributed by atoms with E-state index >= 15 is 0 Å². The Balaban J connectivity index is 2.40. The molecule has 1 aliphatic heterocycles. The number of hydrogen-bond donors (Lipinski definition) is 0. The van der Waals surface area contributed by atoms with E-state index in [0.29, 0.717) is 19.5 Å². The molecule has 1 aliphatic rings. The van der Waals surface area contributed by atoms with Crippen LogP contribution in [0.15, 0.2) is 0 Å². The zero-order valence-corrected chi connectivity index (χ0v) is 10.8. The van der Waals surface area contributed by atoms with Crippen molar-refractivity contribution in [3.63, 3.8) is 0 Å². The first kappa shape index (κ1) is 14.0. The number of carbonyl (C=O) groups is 1. The summed E-state index contributed by atoms with van der Waals surface area (Å²) in [5.41, 5.74) is 0. The van der Waals surface area contributed by atoms with E-state index in [1.54, 1.807) is 4.90 Å². The van der Waals surface area contributed by atoms with Gasteiger partial charge in [-0.3, -0.25) is 4.79 Å². The minimum absolute atomic E-state index is 0.0858. The lowest BCUT2D eigenvalue weighted by atomic mass is 10.1. The Kier molecular flexibility index (Phi) is 5.99. The van der Waals surface area contributed by atoms with Crippen LogP contribution in [0.5, 0.6) is 0 Å². The summed E-state index contributed by atoms with van der Waals surface area (Å²) in [7, 11) is 0. The number of hydrogen-bond acceptors (Lipinski definition) is 3. The van der Waals surface area contributed by atoms with E-state index in [-0.39, 0.29) is 17.9 Å². The molecule has 2 atom stereocenters. The van der Waals surface area contributed by atoms with E-state index < -0.39 is 0 Å². The second-order valence-electron chi connectivity index (χ2n) is 4.66. The largest absolute Gasteiger partial charge is 0.378 e. The average Bonchev–Trinajstić information content (AvgIpc) is 2.36. The lowest BCUT2D eigenvalue weighted by Gasteiger charge is -2.27. The van der Waals surface area contributed by atoms with Crippen molar-refractivity contribution in [1.82, 2.24) is 4.90 Å². The SMILES string of the molecule is CCN(CC(C)C#N)C(=O)CC1CCCCO1. The molecule has 0 aromatic heterocycles. The predicted octanol–water partition coefficient (Wildman–Crippen LogP) is 1.95. The van der Waals surface area contributed by atoms with E-state index in [2.05, 4.69) is 6.07 Å². The molecular weight excluding hydrogens is 216 g/mol. The highest BCUT2D eigenvalue weighted by Crippen LogP contribution is 2.16. The van der Waals surface area contributed by atoms with Gasteiger partial charge in [-0.05, 0) is 33.1 Å². The Labute approximate surface area is 104 Å².